The maximum absolute atomic E-state index is 13.3. The number of anilines is 2. The number of imidazole rings is 1. The van der Waals surface area contributed by atoms with Gasteiger partial charge in [0.05, 0.1) is 17.4 Å². The number of halogens is 2. The molecule has 12 heteroatoms. The summed E-state index contributed by atoms with van der Waals surface area (Å²) in [6.07, 6.45) is 1.26. The fourth-order valence-corrected chi connectivity index (χ4v) is 5.28. The maximum Gasteiger partial charge on any atom is 0.254 e. The minimum absolute atomic E-state index is 0.187. The van der Waals surface area contributed by atoms with Crippen molar-refractivity contribution in [1.29, 1.82) is 0 Å². The summed E-state index contributed by atoms with van der Waals surface area (Å²) in [7, 11) is 2.11. The van der Waals surface area contributed by atoms with Crippen molar-refractivity contribution in [3.8, 4) is 0 Å². The summed E-state index contributed by atoms with van der Waals surface area (Å²) in [6, 6.07) is 9.45. The highest BCUT2D eigenvalue weighted by Gasteiger charge is 2.54. The minimum Gasteiger partial charge on any atom is -0.369 e. The van der Waals surface area contributed by atoms with Crippen molar-refractivity contribution >= 4 is 64.0 Å². The number of hydrogen-bond acceptors (Lipinski definition) is 7. The Morgan fingerprint density at radius 2 is 1.86 bits per heavy atom. The van der Waals surface area contributed by atoms with Crippen LogP contribution in [0.2, 0.25) is 10.0 Å². The number of rotatable bonds is 5. The molecule has 1 aromatic heterocycles. The predicted octanol–water partition coefficient (Wildman–Crippen LogP) is 1.94. The molecule has 2 unspecified atom stereocenters. The molecule has 0 bridgehead atoms. The molecule has 0 spiro atoms. The number of nitrogens with one attached hydrogen (secondary N) is 3. The number of aromatic nitrogens is 2. The number of amides is 2. The highest BCUT2D eigenvalue weighted by atomic mass is 35.5. The highest BCUT2D eigenvalue weighted by Crippen LogP contribution is 2.39. The molecule has 1 fully saturated rings. The van der Waals surface area contributed by atoms with Gasteiger partial charge in [0.25, 0.3) is 11.8 Å². The number of aromatic amines is 1. The summed E-state index contributed by atoms with van der Waals surface area (Å²) < 4.78 is 0. The van der Waals surface area contributed by atoms with Crippen molar-refractivity contribution in [3.05, 3.63) is 52.0 Å². The number of carbonyl (C=O) groups is 2. The number of fused-ring (bicyclic) bond motifs is 1. The van der Waals surface area contributed by atoms with Gasteiger partial charge in [0.15, 0.2) is 11.6 Å². The zero-order valence-electron chi connectivity index (χ0n) is 18.9. The SMILES string of the molecule is CN1CCN(c2ccc3nc(NC(=O)C4N=CNC4(C(N)=O)c4c(Cl)cccc4Cl)[nH]c3c2)CC1. The van der Waals surface area contributed by atoms with E-state index in [4.69, 9.17) is 28.9 Å². The minimum atomic E-state index is -1.75. The summed E-state index contributed by atoms with van der Waals surface area (Å²) >= 11 is 12.7. The third kappa shape index (κ3) is 4.07. The van der Waals surface area contributed by atoms with E-state index >= 15 is 0 Å². The summed E-state index contributed by atoms with van der Waals surface area (Å²) in [6.45, 7) is 3.86. The quantitative estimate of drug-likeness (QED) is 0.411. The van der Waals surface area contributed by atoms with Crippen LogP contribution in [0.5, 0.6) is 0 Å². The molecule has 2 atom stereocenters. The number of likely N-dealkylation sites (N-methyl/N-ethyl adjacent to an activating group) is 1. The Labute approximate surface area is 211 Å². The zero-order valence-corrected chi connectivity index (χ0v) is 20.4. The molecule has 2 aliphatic rings. The molecule has 182 valence electrons. The topological polar surface area (TPSA) is 132 Å². The van der Waals surface area contributed by atoms with Crippen molar-refractivity contribution < 1.29 is 9.59 Å². The molecule has 5 N–H and O–H groups in total. The first-order valence-electron chi connectivity index (χ1n) is 11.1. The Balaban J connectivity index is 1.42. The molecule has 0 saturated carbocycles. The van der Waals surface area contributed by atoms with Gasteiger partial charge in [-0.05, 0) is 37.4 Å². The number of benzene rings is 2. The van der Waals surface area contributed by atoms with Gasteiger partial charge in [-0.2, -0.15) is 0 Å². The normalized spacial score (nSPS) is 22.4. The average Bonchev–Trinajstić information content (AvgIpc) is 3.43. The van der Waals surface area contributed by atoms with Crippen molar-refractivity contribution in [2.75, 3.05) is 43.4 Å². The van der Waals surface area contributed by atoms with E-state index < -0.39 is 23.4 Å². The predicted molar refractivity (Wildman–Crippen MR) is 137 cm³/mol. The van der Waals surface area contributed by atoms with Crippen LogP contribution < -0.4 is 21.3 Å². The standard InChI is InChI=1S/C23H24Cl2N8O2/c1-32-7-9-33(10-8-32)13-5-6-16-17(11-13)30-22(29-16)31-20(34)19-23(21(26)35,28-12-27-19)18-14(24)3-2-4-15(18)25/h2-6,11-12,19H,7-10H2,1H3,(H2,26,35)(H,27,28)(H2,29,30,31,34). The van der Waals surface area contributed by atoms with Crippen LogP contribution in [-0.4, -0.2) is 72.3 Å². The van der Waals surface area contributed by atoms with E-state index in [0.29, 0.717) is 5.52 Å². The number of aliphatic imine (C=N–C) groups is 1. The smallest absolute Gasteiger partial charge is 0.254 e. The Kier molecular flexibility index (Phi) is 6.04. The summed E-state index contributed by atoms with van der Waals surface area (Å²) in [5, 5.41) is 5.92. The van der Waals surface area contributed by atoms with E-state index in [1.807, 2.05) is 18.2 Å². The second kappa shape index (κ2) is 9.03. The Bertz CT molecular complexity index is 1310. The van der Waals surface area contributed by atoms with Crippen LogP contribution in [0.4, 0.5) is 11.6 Å². The number of piperazine rings is 1. The van der Waals surface area contributed by atoms with E-state index in [1.54, 1.807) is 18.2 Å². The maximum atomic E-state index is 13.3. The summed E-state index contributed by atoms with van der Waals surface area (Å²) in [4.78, 5) is 42.4. The van der Waals surface area contributed by atoms with Crippen LogP contribution in [0.15, 0.2) is 41.4 Å². The van der Waals surface area contributed by atoms with Gasteiger partial charge in [-0.25, -0.2) is 4.98 Å². The molecule has 2 aliphatic heterocycles. The number of primary amides is 1. The second-order valence-electron chi connectivity index (χ2n) is 8.66. The van der Waals surface area contributed by atoms with Gasteiger partial charge >= 0.3 is 0 Å². The summed E-state index contributed by atoms with van der Waals surface area (Å²) in [5.74, 6) is -1.21. The number of nitrogens with zero attached hydrogens (tertiary/aromatic N) is 4. The van der Waals surface area contributed by atoms with E-state index in [0.717, 1.165) is 37.4 Å². The third-order valence-electron chi connectivity index (χ3n) is 6.50. The largest absolute Gasteiger partial charge is 0.369 e. The second-order valence-corrected chi connectivity index (χ2v) is 9.47. The van der Waals surface area contributed by atoms with Crippen LogP contribution in [-0.2, 0) is 15.1 Å². The molecule has 0 aliphatic carbocycles. The highest BCUT2D eigenvalue weighted by molar-refractivity contribution is 6.37. The number of H-pyrrole nitrogens is 1. The van der Waals surface area contributed by atoms with Crippen molar-refractivity contribution in [2.45, 2.75) is 11.6 Å². The van der Waals surface area contributed by atoms with Gasteiger partial charge in [-0.3, -0.25) is 19.9 Å². The van der Waals surface area contributed by atoms with Gasteiger partial charge in [0.1, 0.15) is 0 Å². The Hall–Kier alpha value is -3.34. The van der Waals surface area contributed by atoms with E-state index in [1.165, 1.54) is 6.34 Å². The van der Waals surface area contributed by atoms with Gasteiger partial charge in [0.2, 0.25) is 5.95 Å². The first-order chi connectivity index (χ1) is 16.8. The lowest BCUT2D eigenvalue weighted by molar-refractivity contribution is -0.129. The lowest BCUT2D eigenvalue weighted by Gasteiger charge is -2.34. The van der Waals surface area contributed by atoms with Gasteiger partial charge in [0, 0.05) is 47.5 Å². The monoisotopic (exact) mass is 514 g/mol. The first kappa shape index (κ1) is 23.4. The van der Waals surface area contributed by atoms with Gasteiger partial charge < -0.3 is 25.8 Å². The molecule has 1 saturated heterocycles. The van der Waals surface area contributed by atoms with E-state index in [2.05, 4.69) is 42.4 Å². The van der Waals surface area contributed by atoms with Crippen molar-refractivity contribution in [2.24, 2.45) is 10.7 Å². The van der Waals surface area contributed by atoms with E-state index in [-0.39, 0.29) is 21.6 Å². The lowest BCUT2D eigenvalue weighted by atomic mass is 9.82. The molecule has 0 radical (unpaired) electrons. The van der Waals surface area contributed by atoms with Gasteiger partial charge in [-0.1, -0.05) is 29.3 Å². The molecule has 10 nitrogen and oxygen atoms in total. The van der Waals surface area contributed by atoms with Gasteiger partial charge in [-0.15, -0.1) is 0 Å². The number of nitrogens with two attached hydrogens (primary N) is 1. The van der Waals surface area contributed by atoms with Crippen molar-refractivity contribution in [3.63, 3.8) is 0 Å². The van der Waals surface area contributed by atoms with E-state index in [9.17, 15) is 9.59 Å². The molecule has 5 rings (SSSR count). The van der Waals surface area contributed by atoms with Crippen LogP contribution in [0.3, 0.4) is 0 Å². The molecule has 2 amide bonds. The average molecular weight is 515 g/mol. The number of hydrogen-bond donors (Lipinski definition) is 4. The first-order valence-corrected chi connectivity index (χ1v) is 11.8. The molecule has 3 heterocycles. The molecule has 3 aromatic rings. The van der Waals surface area contributed by atoms with Crippen LogP contribution in [0.1, 0.15) is 5.56 Å². The zero-order chi connectivity index (χ0) is 24.7. The summed E-state index contributed by atoms with van der Waals surface area (Å²) in [5.41, 5.74) is 6.77. The molecule has 2 aromatic carbocycles. The third-order valence-corrected chi connectivity index (χ3v) is 7.13. The van der Waals surface area contributed by atoms with Crippen LogP contribution >= 0.6 is 23.2 Å². The molecule has 35 heavy (non-hydrogen) atoms. The molecular weight excluding hydrogens is 491 g/mol. The lowest BCUT2D eigenvalue weighted by Crippen LogP contribution is -2.59. The fraction of sp³-hybridized carbons (Fsp3) is 0.304. The van der Waals surface area contributed by atoms with Crippen LogP contribution in [0.25, 0.3) is 11.0 Å². The van der Waals surface area contributed by atoms with Crippen LogP contribution in [0, 0.1) is 0 Å². The number of carbonyl (C=O) groups excluding carboxylic acids is 2. The molecular formula is C23H24Cl2N8O2. The Morgan fingerprint density at radius 1 is 1.14 bits per heavy atom. The Morgan fingerprint density at radius 3 is 2.54 bits per heavy atom. The van der Waals surface area contributed by atoms with Crippen molar-refractivity contribution in [1.82, 2.24) is 20.2 Å². The fourth-order valence-electron chi connectivity index (χ4n) is 4.58.